The standard InChI is InChI=1S/C4H6N2O3.C3H7NO2/c1-2(7)3(6-5)4(8)9;1-2(4)3(5)6/h2,7H,1H3,(H,8,9);2H,4H2,1H3,(H,5,6). The zero-order valence-electron chi connectivity index (χ0n) is 8.28. The lowest BCUT2D eigenvalue weighted by molar-refractivity contribution is -0.138. The smallest absolute Gasteiger partial charge is 0.417 e. The average Bonchev–Trinajstić information content (AvgIpc) is 2.04. The monoisotopic (exact) mass is 219 g/mol. The molecule has 0 rings (SSSR count). The minimum Gasteiger partial charge on any atom is -0.480 e. The molecule has 0 saturated carbocycles. The van der Waals surface area contributed by atoms with Crippen molar-refractivity contribution in [2.24, 2.45) is 5.73 Å². The summed E-state index contributed by atoms with van der Waals surface area (Å²) in [7, 11) is 0. The molecule has 2 unspecified atom stereocenters. The van der Waals surface area contributed by atoms with Crippen molar-refractivity contribution in [2.45, 2.75) is 26.0 Å². The maximum absolute atomic E-state index is 9.92. The van der Waals surface area contributed by atoms with Gasteiger partial charge in [-0.25, -0.2) is 4.79 Å². The Labute approximate surface area is 85.6 Å². The maximum atomic E-state index is 9.92. The largest absolute Gasteiger partial charge is 0.480 e. The summed E-state index contributed by atoms with van der Waals surface area (Å²) < 4.78 is 0. The van der Waals surface area contributed by atoms with Crippen LogP contribution in [0.25, 0.3) is 5.53 Å². The zero-order valence-corrected chi connectivity index (χ0v) is 8.28. The third-order valence-electron chi connectivity index (χ3n) is 1.11. The summed E-state index contributed by atoms with van der Waals surface area (Å²) in [6.07, 6.45) is -1.24. The van der Waals surface area contributed by atoms with E-state index < -0.39 is 29.8 Å². The van der Waals surface area contributed by atoms with E-state index in [9.17, 15) is 9.59 Å². The van der Waals surface area contributed by atoms with Gasteiger partial charge in [-0.3, -0.25) is 4.79 Å². The highest BCUT2D eigenvalue weighted by Crippen LogP contribution is 1.81. The van der Waals surface area contributed by atoms with E-state index in [1.165, 1.54) is 13.8 Å². The van der Waals surface area contributed by atoms with Gasteiger partial charge < -0.3 is 26.6 Å². The van der Waals surface area contributed by atoms with Crippen LogP contribution in [0.2, 0.25) is 0 Å². The van der Waals surface area contributed by atoms with Crippen LogP contribution in [-0.4, -0.2) is 49.9 Å². The van der Waals surface area contributed by atoms with Crippen LogP contribution in [0.1, 0.15) is 13.8 Å². The Morgan fingerprint density at radius 3 is 1.67 bits per heavy atom. The van der Waals surface area contributed by atoms with Gasteiger partial charge in [0.1, 0.15) is 6.04 Å². The summed E-state index contributed by atoms with van der Waals surface area (Å²) in [6, 6.07) is -0.731. The Morgan fingerprint density at radius 2 is 1.67 bits per heavy atom. The number of aliphatic carboxylic acids is 2. The molecule has 0 spiro atoms. The molecular weight excluding hydrogens is 206 g/mol. The predicted octanol–water partition coefficient (Wildman–Crippen LogP) is -1.46. The maximum Gasteiger partial charge on any atom is 0.417 e. The summed E-state index contributed by atoms with van der Waals surface area (Å²) >= 11 is 0. The van der Waals surface area contributed by atoms with E-state index in [0.717, 1.165) is 0 Å². The molecule has 8 nitrogen and oxygen atoms in total. The zero-order chi connectivity index (χ0) is 12.6. The number of carbonyl (C=O) groups is 2. The Hall–Kier alpha value is -1.76. The molecule has 0 bridgehead atoms. The third kappa shape index (κ3) is 8.57. The van der Waals surface area contributed by atoms with Gasteiger partial charge in [-0.05, 0) is 13.8 Å². The Morgan fingerprint density at radius 1 is 1.33 bits per heavy atom. The number of carboxylic acid groups (broad SMARTS) is 2. The summed E-state index contributed by atoms with van der Waals surface area (Å²) in [4.78, 5) is 21.8. The van der Waals surface area contributed by atoms with Crippen LogP contribution in [0, 0.1) is 0 Å². The molecule has 5 N–H and O–H groups in total. The van der Waals surface area contributed by atoms with E-state index in [1.54, 1.807) is 0 Å². The van der Waals surface area contributed by atoms with Gasteiger partial charge in [0.25, 0.3) is 0 Å². The van der Waals surface area contributed by atoms with E-state index in [4.69, 9.17) is 26.6 Å². The SMILES string of the molecule is CC(N)C(=O)O.CC(O)C(=[N+]=[N-])C(=O)O. The number of aliphatic hydroxyl groups excluding tert-OH is 1. The number of hydrogen-bond acceptors (Lipinski definition) is 4. The molecule has 86 valence electrons. The van der Waals surface area contributed by atoms with Crippen molar-refractivity contribution >= 4 is 17.7 Å². The first-order valence-electron chi connectivity index (χ1n) is 3.85. The average molecular weight is 219 g/mol. The number of rotatable bonds is 3. The molecule has 0 aliphatic heterocycles. The second-order valence-electron chi connectivity index (χ2n) is 2.59. The molecule has 15 heavy (non-hydrogen) atoms. The summed E-state index contributed by atoms with van der Waals surface area (Å²) in [5.41, 5.74) is 12.1. The van der Waals surface area contributed by atoms with E-state index in [1.807, 2.05) is 0 Å². The van der Waals surface area contributed by atoms with Crippen molar-refractivity contribution in [3.05, 3.63) is 5.53 Å². The highest BCUT2D eigenvalue weighted by molar-refractivity contribution is 6.34. The normalized spacial score (nSPS) is 12.5. The highest BCUT2D eigenvalue weighted by Gasteiger charge is 2.24. The van der Waals surface area contributed by atoms with Gasteiger partial charge in [0.05, 0.1) is 0 Å². The lowest BCUT2D eigenvalue weighted by atomic mass is 10.2. The molecule has 0 aliphatic carbocycles. The van der Waals surface area contributed by atoms with Crippen molar-refractivity contribution in [2.75, 3.05) is 0 Å². The first-order chi connectivity index (χ1) is 6.73. The van der Waals surface area contributed by atoms with E-state index >= 15 is 0 Å². The Kier molecular flexibility index (Phi) is 7.98. The summed E-state index contributed by atoms with van der Waals surface area (Å²) in [6.45, 7) is 2.62. The third-order valence-corrected chi connectivity index (χ3v) is 1.11. The number of carboxylic acids is 2. The fourth-order valence-corrected chi connectivity index (χ4v) is 0.305. The minimum absolute atomic E-state index is 0.657. The molecule has 0 heterocycles. The molecule has 0 saturated heterocycles. The molecule has 0 aliphatic rings. The van der Waals surface area contributed by atoms with Gasteiger partial charge in [-0.15, -0.1) is 0 Å². The molecule has 0 aromatic heterocycles. The van der Waals surface area contributed by atoms with Crippen molar-refractivity contribution < 1.29 is 29.7 Å². The first kappa shape index (κ1) is 15.7. The van der Waals surface area contributed by atoms with E-state index in [0.29, 0.717) is 0 Å². The number of hydrogen-bond donors (Lipinski definition) is 4. The fraction of sp³-hybridized carbons (Fsp3) is 0.571. The Balaban J connectivity index is 0. The van der Waals surface area contributed by atoms with E-state index in [-0.39, 0.29) is 0 Å². The van der Waals surface area contributed by atoms with Crippen LogP contribution in [-0.2, 0) is 9.59 Å². The van der Waals surface area contributed by atoms with Crippen LogP contribution in [0.15, 0.2) is 0 Å². The van der Waals surface area contributed by atoms with Gasteiger partial charge in [0.15, 0.2) is 6.10 Å². The van der Waals surface area contributed by atoms with E-state index in [2.05, 4.69) is 4.79 Å². The second-order valence-corrected chi connectivity index (χ2v) is 2.59. The molecule has 2 atom stereocenters. The van der Waals surface area contributed by atoms with Crippen molar-refractivity contribution in [1.29, 1.82) is 0 Å². The number of aliphatic hydroxyl groups is 1. The molecule has 0 radical (unpaired) electrons. The molecule has 0 aromatic rings. The summed E-state index contributed by atoms with van der Waals surface area (Å²) in [5.74, 6) is -2.39. The van der Waals surface area contributed by atoms with Crippen LogP contribution < -0.4 is 5.73 Å². The van der Waals surface area contributed by atoms with Crippen LogP contribution >= 0.6 is 0 Å². The predicted molar refractivity (Wildman–Crippen MR) is 49.2 cm³/mol. The topological polar surface area (TPSA) is 157 Å². The van der Waals surface area contributed by atoms with Gasteiger partial charge in [-0.1, -0.05) is 0 Å². The lowest BCUT2D eigenvalue weighted by Gasteiger charge is -1.90. The van der Waals surface area contributed by atoms with Gasteiger partial charge in [0.2, 0.25) is 0 Å². The van der Waals surface area contributed by atoms with Crippen molar-refractivity contribution in [3.8, 4) is 0 Å². The molecule has 0 fully saturated rings. The van der Waals surface area contributed by atoms with Crippen LogP contribution in [0.4, 0.5) is 0 Å². The molecular formula is C7H13N3O5. The molecule has 8 heteroatoms. The first-order valence-corrected chi connectivity index (χ1v) is 3.85. The molecule has 0 aromatic carbocycles. The Bertz CT molecular complexity index is 280. The van der Waals surface area contributed by atoms with Crippen LogP contribution in [0.3, 0.4) is 0 Å². The van der Waals surface area contributed by atoms with Gasteiger partial charge in [0, 0.05) is 0 Å². The second kappa shape index (κ2) is 7.63. The van der Waals surface area contributed by atoms with Crippen LogP contribution in [0.5, 0.6) is 0 Å². The minimum atomic E-state index is -1.42. The van der Waals surface area contributed by atoms with Gasteiger partial charge in [-0.2, -0.15) is 4.79 Å². The quantitative estimate of drug-likeness (QED) is 0.258. The number of nitrogens with zero attached hydrogens (tertiary/aromatic N) is 2. The van der Waals surface area contributed by atoms with Gasteiger partial charge >= 0.3 is 17.7 Å². The van der Waals surface area contributed by atoms with Crippen molar-refractivity contribution in [3.63, 3.8) is 0 Å². The number of nitrogens with two attached hydrogens (primary N) is 1. The molecule has 0 amide bonds. The fourth-order valence-electron chi connectivity index (χ4n) is 0.305. The lowest BCUT2D eigenvalue weighted by Crippen LogP contribution is -2.26. The highest BCUT2D eigenvalue weighted by atomic mass is 16.4. The van der Waals surface area contributed by atoms with Crippen molar-refractivity contribution in [1.82, 2.24) is 0 Å². The summed E-state index contributed by atoms with van der Waals surface area (Å²) in [5, 5.41) is 24.5.